The van der Waals surface area contributed by atoms with Gasteiger partial charge in [0.1, 0.15) is 12.2 Å². The molecule has 0 saturated carbocycles. The van der Waals surface area contributed by atoms with E-state index >= 15 is 0 Å². The van der Waals surface area contributed by atoms with Gasteiger partial charge in [-0.25, -0.2) is 14.7 Å². The molecule has 31 heavy (non-hydrogen) atoms. The van der Waals surface area contributed by atoms with Crippen LogP contribution in [-0.2, 0) is 35.2 Å². The van der Waals surface area contributed by atoms with Gasteiger partial charge in [-0.1, -0.05) is 30.3 Å². The van der Waals surface area contributed by atoms with E-state index in [1.54, 1.807) is 20.8 Å². The quantitative estimate of drug-likeness (QED) is 0.413. The van der Waals surface area contributed by atoms with Crippen molar-refractivity contribution in [2.24, 2.45) is 0 Å². The van der Waals surface area contributed by atoms with Crippen molar-refractivity contribution in [3.8, 4) is 0 Å². The van der Waals surface area contributed by atoms with Crippen molar-refractivity contribution < 1.29 is 38.5 Å². The van der Waals surface area contributed by atoms with Crippen LogP contribution in [0.3, 0.4) is 0 Å². The van der Waals surface area contributed by atoms with Crippen LogP contribution >= 0.6 is 0 Å². The molecule has 2 atom stereocenters. The Morgan fingerprint density at radius 3 is 2.29 bits per heavy atom. The van der Waals surface area contributed by atoms with Gasteiger partial charge in [-0.05, 0) is 33.3 Å². The Morgan fingerprint density at radius 2 is 1.74 bits per heavy atom. The summed E-state index contributed by atoms with van der Waals surface area (Å²) < 4.78 is 15.8. The van der Waals surface area contributed by atoms with Crippen LogP contribution in [-0.4, -0.2) is 72.8 Å². The molecule has 0 aromatic heterocycles. The monoisotopic (exact) mass is 440 g/mol. The summed E-state index contributed by atoms with van der Waals surface area (Å²) in [6.45, 7) is 5.57. The minimum absolute atomic E-state index is 0.204. The molecule has 0 heterocycles. The van der Waals surface area contributed by atoms with Crippen molar-refractivity contribution in [3.05, 3.63) is 35.9 Å². The van der Waals surface area contributed by atoms with Crippen LogP contribution < -0.4 is 5.32 Å². The third-order valence-corrected chi connectivity index (χ3v) is 3.89. The van der Waals surface area contributed by atoms with Crippen LogP contribution in [0.5, 0.6) is 0 Å². The number of ether oxygens (including phenoxy) is 3. The summed E-state index contributed by atoms with van der Waals surface area (Å²) >= 11 is 0. The Morgan fingerprint density at radius 1 is 1.13 bits per heavy atom. The number of hydrogen-bond donors (Lipinski definition) is 2. The molecule has 2 amide bonds. The molecule has 0 radical (unpaired) electrons. The van der Waals surface area contributed by atoms with Crippen LogP contribution in [0.25, 0.3) is 0 Å². The predicted molar refractivity (Wildman–Crippen MR) is 111 cm³/mol. The molecule has 0 spiro atoms. The molecular weight excluding hydrogens is 408 g/mol. The topological polar surface area (TPSA) is 124 Å². The highest BCUT2D eigenvalue weighted by atomic mass is 16.7. The van der Waals surface area contributed by atoms with Gasteiger partial charge < -0.3 is 24.6 Å². The zero-order valence-corrected chi connectivity index (χ0v) is 18.8. The van der Waals surface area contributed by atoms with Crippen molar-refractivity contribution in [1.82, 2.24) is 10.4 Å². The number of aliphatic hydroxyl groups is 1. The second kappa shape index (κ2) is 11.6. The van der Waals surface area contributed by atoms with Crippen molar-refractivity contribution in [2.75, 3.05) is 27.4 Å². The first-order chi connectivity index (χ1) is 14.4. The maximum absolute atomic E-state index is 12.6. The normalized spacial score (nSPS) is 14.2. The first kappa shape index (κ1) is 26.3. The number of rotatable bonds is 10. The van der Waals surface area contributed by atoms with Gasteiger partial charge in [0.2, 0.25) is 0 Å². The zero-order chi connectivity index (χ0) is 23.7. The number of carbonyl (C=O) groups excluding carboxylic acids is 3. The molecule has 0 fully saturated rings. The molecule has 0 aliphatic carbocycles. The van der Waals surface area contributed by atoms with Gasteiger partial charge in [-0.3, -0.25) is 9.63 Å². The van der Waals surface area contributed by atoms with E-state index in [4.69, 9.17) is 19.0 Å². The van der Waals surface area contributed by atoms with Gasteiger partial charge in [-0.2, -0.15) is 0 Å². The number of hydrogen-bond acceptors (Lipinski definition) is 8. The lowest BCUT2D eigenvalue weighted by Gasteiger charge is -2.27. The number of benzene rings is 1. The van der Waals surface area contributed by atoms with Gasteiger partial charge in [0.15, 0.2) is 11.6 Å². The molecule has 0 aliphatic heterocycles. The summed E-state index contributed by atoms with van der Waals surface area (Å²) in [6.07, 6.45) is -0.834. The first-order valence-electron chi connectivity index (χ1n) is 9.68. The number of nitrogens with zero attached hydrogens (tertiary/aromatic N) is 1. The predicted octanol–water partition coefficient (Wildman–Crippen LogP) is 1.41. The smallest absolute Gasteiger partial charge is 0.408 e. The van der Waals surface area contributed by atoms with Crippen LogP contribution in [0, 0.1) is 0 Å². The minimum atomic E-state index is -2.03. The van der Waals surface area contributed by atoms with E-state index in [1.807, 2.05) is 30.3 Å². The first-order valence-corrected chi connectivity index (χ1v) is 9.68. The maximum Gasteiger partial charge on any atom is 0.408 e. The van der Waals surface area contributed by atoms with E-state index in [0.29, 0.717) is 0 Å². The SMILES string of the molecule is CON(C)C(=O)[C@](C)(O)COC(=O)[C@H](COCc1ccccc1)NC(=O)OC(C)(C)C. The standard InChI is InChI=1S/C21H32N2O8/c1-20(2,3)31-19(26)22-16(13-29-12-15-10-8-7-9-11-15)17(24)30-14-21(4,27)18(25)23(5)28-6/h7-11,16,27H,12-14H2,1-6H3,(H,22,26)/t16-,21+/m0/s1. The second-order valence-corrected chi connectivity index (χ2v) is 8.07. The fraction of sp³-hybridized carbons (Fsp3) is 0.571. The molecule has 2 N–H and O–H groups in total. The lowest BCUT2D eigenvalue weighted by Crippen LogP contribution is -2.51. The van der Waals surface area contributed by atoms with Crippen LogP contribution in [0.2, 0.25) is 0 Å². The molecule has 1 aromatic carbocycles. The fourth-order valence-corrected chi connectivity index (χ4v) is 2.28. The molecule has 0 saturated heterocycles. The van der Waals surface area contributed by atoms with E-state index in [-0.39, 0.29) is 13.2 Å². The average Bonchev–Trinajstić information content (AvgIpc) is 2.69. The fourth-order valence-electron chi connectivity index (χ4n) is 2.28. The number of alkyl carbamates (subject to hydrolysis) is 1. The summed E-state index contributed by atoms with van der Waals surface area (Å²) in [5.41, 5.74) is -1.92. The molecule has 10 nitrogen and oxygen atoms in total. The Bertz CT molecular complexity index is 731. The molecule has 0 aliphatic rings. The summed E-state index contributed by atoms with van der Waals surface area (Å²) in [7, 11) is 2.56. The van der Waals surface area contributed by atoms with Gasteiger partial charge >= 0.3 is 12.1 Å². The number of likely N-dealkylation sites (N-methyl/N-ethyl adjacent to an activating group) is 1. The Labute approximate surface area is 182 Å². The average molecular weight is 440 g/mol. The Hall–Kier alpha value is -2.69. The van der Waals surface area contributed by atoms with Crippen molar-refractivity contribution >= 4 is 18.0 Å². The zero-order valence-electron chi connectivity index (χ0n) is 18.8. The summed E-state index contributed by atoms with van der Waals surface area (Å²) in [5, 5.41) is 13.5. The number of esters is 1. The van der Waals surface area contributed by atoms with Crippen molar-refractivity contribution in [2.45, 2.75) is 51.5 Å². The van der Waals surface area contributed by atoms with E-state index in [0.717, 1.165) is 10.6 Å². The van der Waals surface area contributed by atoms with E-state index in [2.05, 4.69) is 5.32 Å². The summed E-state index contributed by atoms with van der Waals surface area (Å²) in [4.78, 5) is 41.5. The van der Waals surface area contributed by atoms with Crippen molar-refractivity contribution in [3.63, 3.8) is 0 Å². The van der Waals surface area contributed by atoms with Crippen LogP contribution in [0.4, 0.5) is 4.79 Å². The van der Waals surface area contributed by atoms with E-state index < -0.39 is 41.8 Å². The highest BCUT2D eigenvalue weighted by molar-refractivity contribution is 5.85. The lowest BCUT2D eigenvalue weighted by atomic mass is 10.1. The Kier molecular flexibility index (Phi) is 9.89. The molecule has 1 rings (SSSR count). The van der Waals surface area contributed by atoms with Crippen LogP contribution in [0.1, 0.15) is 33.3 Å². The molecule has 174 valence electrons. The maximum atomic E-state index is 12.6. The molecule has 0 bridgehead atoms. The third kappa shape index (κ3) is 9.77. The molecule has 1 aromatic rings. The van der Waals surface area contributed by atoms with Crippen molar-refractivity contribution in [1.29, 1.82) is 0 Å². The van der Waals surface area contributed by atoms with Crippen LogP contribution in [0.15, 0.2) is 30.3 Å². The highest BCUT2D eigenvalue weighted by Crippen LogP contribution is 2.11. The van der Waals surface area contributed by atoms with E-state index in [1.165, 1.54) is 21.1 Å². The summed E-state index contributed by atoms with van der Waals surface area (Å²) in [5.74, 6) is -1.70. The van der Waals surface area contributed by atoms with E-state index in [9.17, 15) is 19.5 Å². The molecule has 0 unspecified atom stereocenters. The number of nitrogens with one attached hydrogen (secondary N) is 1. The van der Waals surface area contributed by atoms with Gasteiger partial charge in [0.25, 0.3) is 5.91 Å². The second-order valence-electron chi connectivity index (χ2n) is 8.07. The third-order valence-electron chi connectivity index (χ3n) is 3.89. The summed E-state index contributed by atoms with van der Waals surface area (Å²) in [6, 6.07) is 8.04. The molecular formula is C21H32N2O8. The van der Waals surface area contributed by atoms with Gasteiger partial charge in [0.05, 0.1) is 20.3 Å². The largest absolute Gasteiger partial charge is 0.460 e. The van der Waals surface area contributed by atoms with Gasteiger partial charge in [0, 0.05) is 7.05 Å². The number of hydroxylamine groups is 2. The highest BCUT2D eigenvalue weighted by Gasteiger charge is 2.36. The lowest BCUT2D eigenvalue weighted by molar-refractivity contribution is -0.193. The Balaban J connectivity index is 2.76. The van der Waals surface area contributed by atoms with Gasteiger partial charge in [-0.15, -0.1) is 0 Å². The number of amides is 2. The minimum Gasteiger partial charge on any atom is -0.460 e. The number of carbonyl (C=O) groups is 3. The molecule has 10 heteroatoms.